The van der Waals surface area contributed by atoms with E-state index in [9.17, 15) is 4.79 Å². The smallest absolute Gasteiger partial charge is 0.133 e. The number of hydrogen-bond acceptors (Lipinski definition) is 3. The molecular weight excluding hydrogens is 281 g/mol. The number of aromatic nitrogens is 3. The largest absolute Gasteiger partial charge is 0.656 e. The van der Waals surface area contributed by atoms with Crippen LogP contribution in [0.4, 0.5) is 0 Å². The molecule has 6 heteroatoms. The first-order valence-corrected chi connectivity index (χ1v) is 4.83. The van der Waals surface area contributed by atoms with Crippen molar-refractivity contribution < 1.29 is 37.5 Å². The van der Waals surface area contributed by atoms with E-state index in [0.717, 1.165) is 11.6 Å². The van der Waals surface area contributed by atoms with Crippen molar-refractivity contribution in [3.8, 4) is 0 Å². The van der Waals surface area contributed by atoms with E-state index in [1.807, 2.05) is 18.5 Å². The summed E-state index contributed by atoms with van der Waals surface area (Å²) >= 11 is 0. The van der Waals surface area contributed by atoms with Crippen LogP contribution in [-0.4, -0.2) is 27.7 Å². The summed E-state index contributed by atoms with van der Waals surface area (Å²) in [7, 11) is 3.39. The molecule has 0 aliphatic heterocycles. The maximum absolute atomic E-state index is 10.9. The van der Waals surface area contributed by atoms with Crippen molar-refractivity contribution >= 4 is 5.91 Å². The Morgan fingerprint density at radius 3 is 2.38 bits per heavy atom. The van der Waals surface area contributed by atoms with Crippen LogP contribution in [-0.2, 0) is 51.0 Å². The van der Waals surface area contributed by atoms with Gasteiger partial charge in [0.05, 0.1) is 5.91 Å². The summed E-state index contributed by atoms with van der Waals surface area (Å²) in [5, 5.41) is 11.4. The molecule has 1 heterocycles. The molecule has 0 fully saturated rings. The Hall–Kier alpha value is -0.286. The fraction of sp³-hybridized carbons (Fsp3) is 0.600. The number of amides is 1. The van der Waals surface area contributed by atoms with Crippen molar-refractivity contribution in [3.05, 3.63) is 23.9 Å². The normalized spacial score (nSPS) is 8.56. The molecule has 0 aliphatic carbocycles. The summed E-state index contributed by atoms with van der Waals surface area (Å²) < 4.78 is 1.88. The SMILES string of the molecule is C[N-]C(=O)CCc1nnc(C)n1C.[CH2-]C.[Y]. The van der Waals surface area contributed by atoms with E-state index < -0.39 is 0 Å². The second kappa shape index (κ2) is 9.91. The Morgan fingerprint density at radius 2 is 2.00 bits per heavy atom. The molecule has 1 rings (SSSR count). The van der Waals surface area contributed by atoms with E-state index in [1.165, 1.54) is 7.05 Å². The molecule has 0 bridgehead atoms. The van der Waals surface area contributed by atoms with Crippen LogP contribution >= 0.6 is 0 Å². The van der Waals surface area contributed by atoms with Gasteiger partial charge in [0, 0.05) is 46.2 Å². The third-order valence-corrected chi connectivity index (χ3v) is 1.99. The molecule has 0 aromatic carbocycles. The van der Waals surface area contributed by atoms with E-state index in [4.69, 9.17) is 0 Å². The topological polar surface area (TPSA) is 61.9 Å². The molecule has 0 N–H and O–H groups in total. The van der Waals surface area contributed by atoms with Crippen molar-refractivity contribution in [2.24, 2.45) is 7.05 Å². The molecule has 0 saturated carbocycles. The first kappa shape index (κ1) is 18.1. The van der Waals surface area contributed by atoms with E-state index in [0.29, 0.717) is 12.8 Å². The van der Waals surface area contributed by atoms with Crippen LogP contribution in [0, 0.1) is 13.8 Å². The third kappa shape index (κ3) is 5.70. The maximum Gasteiger partial charge on any atom is 0.133 e. The van der Waals surface area contributed by atoms with Gasteiger partial charge in [0.15, 0.2) is 0 Å². The molecule has 1 aromatic rings. The van der Waals surface area contributed by atoms with E-state index in [1.54, 1.807) is 6.92 Å². The number of nitrogens with zero attached hydrogens (tertiary/aromatic N) is 4. The summed E-state index contributed by atoms with van der Waals surface area (Å²) in [6.45, 7) is 6.88. The zero-order valence-electron chi connectivity index (χ0n) is 10.4. The molecule has 1 aromatic heterocycles. The summed E-state index contributed by atoms with van der Waals surface area (Å²) in [5.74, 6) is 1.59. The number of rotatable bonds is 3. The number of aryl methyl sites for hydroxylation is 2. The van der Waals surface area contributed by atoms with Gasteiger partial charge in [-0.2, -0.15) is 6.92 Å². The average molecular weight is 299 g/mol. The van der Waals surface area contributed by atoms with Gasteiger partial charge in [-0.1, -0.05) is 0 Å². The van der Waals surface area contributed by atoms with E-state index in [2.05, 4.69) is 22.4 Å². The molecule has 16 heavy (non-hydrogen) atoms. The predicted molar refractivity (Wildman–Crippen MR) is 59.4 cm³/mol. The Labute approximate surface area is 122 Å². The van der Waals surface area contributed by atoms with Gasteiger partial charge in [0.2, 0.25) is 0 Å². The zero-order valence-corrected chi connectivity index (χ0v) is 13.2. The van der Waals surface area contributed by atoms with Crippen LogP contribution in [0.5, 0.6) is 0 Å². The Morgan fingerprint density at radius 1 is 1.44 bits per heavy atom. The van der Waals surface area contributed by atoms with Crippen LogP contribution < -0.4 is 0 Å². The summed E-state index contributed by atoms with van der Waals surface area (Å²) in [6.07, 6.45) is 1.01. The molecule has 0 spiro atoms. The van der Waals surface area contributed by atoms with Crippen LogP contribution in [0.25, 0.3) is 5.32 Å². The van der Waals surface area contributed by atoms with Crippen LogP contribution in [0.2, 0.25) is 0 Å². The van der Waals surface area contributed by atoms with E-state index >= 15 is 0 Å². The van der Waals surface area contributed by atoms with Gasteiger partial charge in [-0.3, -0.25) is 0 Å². The number of hydrogen-bond donors (Lipinski definition) is 0. The second-order valence-electron chi connectivity index (χ2n) is 2.84. The number of carbonyl (C=O) groups is 1. The van der Waals surface area contributed by atoms with Crippen molar-refractivity contribution in [1.82, 2.24) is 14.8 Å². The van der Waals surface area contributed by atoms with Crippen molar-refractivity contribution in [1.29, 1.82) is 0 Å². The summed E-state index contributed by atoms with van der Waals surface area (Å²) in [4.78, 5) is 10.9. The zero-order chi connectivity index (χ0) is 11.8. The minimum Gasteiger partial charge on any atom is -0.656 e. The Balaban J connectivity index is 0. The van der Waals surface area contributed by atoms with Gasteiger partial charge in [0.25, 0.3) is 0 Å². The first-order valence-electron chi connectivity index (χ1n) is 4.83. The minimum atomic E-state index is -0.0966. The first-order chi connectivity index (χ1) is 7.15. The van der Waals surface area contributed by atoms with Crippen molar-refractivity contribution in [2.45, 2.75) is 26.7 Å². The van der Waals surface area contributed by atoms with Gasteiger partial charge >= 0.3 is 0 Å². The second-order valence-corrected chi connectivity index (χ2v) is 2.84. The fourth-order valence-corrected chi connectivity index (χ4v) is 0.999. The monoisotopic (exact) mass is 299 g/mol. The number of carbonyl (C=O) groups excluding carboxylic acids is 1. The molecular formula is C10H18N4OY-2. The maximum atomic E-state index is 10.9. The predicted octanol–water partition coefficient (Wildman–Crippen LogP) is 1.42. The molecule has 89 valence electrons. The molecule has 0 unspecified atom stereocenters. The van der Waals surface area contributed by atoms with Crippen LogP contribution in [0.1, 0.15) is 25.0 Å². The molecule has 0 atom stereocenters. The average Bonchev–Trinajstić information content (AvgIpc) is 2.59. The summed E-state index contributed by atoms with van der Waals surface area (Å²) in [6, 6.07) is 0. The van der Waals surface area contributed by atoms with Gasteiger partial charge in [-0.15, -0.1) is 17.2 Å². The molecule has 0 aliphatic rings. The van der Waals surface area contributed by atoms with Crippen molar-refractivity contribution in [2.75, 3.05) is 7.05 Å². The molecule has 1 radical (unpaired) electrons. The molecule has 1 amide bonds. The van der Waals surface area contributed by atoms with E-state index in [-0.39, 0.29) is 38.6 Å². The Bertz CT molecular complexity index is 312. The standard InChI is InChI=1S/C8H14N4O.C2H5.Y/c1-6-10-11-7(12(6)3)4-5-8(13)9-2;1-2;/h4-5H2,1-3H3,(H,9,13);1H2,2H3;/q;-1;/p-1. The minimum absolute atomic E-state index is 0. The molecule has 5 nitrogen and oxygen atoms in total. The van der Waals surface area contributed by atoms with Gasteiger partial charge in [-0.25, -0.2) is 0 Å². The Kier molecular flexibility index (Phi) is 11.2. The third-order valence-electron chi connectivity index (χ3n) is 1.99. The van der Waals surface area contributed by atoms with Crippen LogP contribution in [0.3, 0.4) is 0 Å². The fourth-order valence-electron chi connectivity index (χ4n) is 0.999. The summed E-state index contributed by atoms with van der Waals surface area (Å²) in [5.41, 5.74) is 0. The van der Waals surface area contributed by atoms with Crippen LogP contribution in [0.15, 0.2) is 0 Å². The van der Waals surface area contributed by atoms with Gasteiger partial charge < -0.3 is 21.6 Å². The van der Waals surface area contributed by atoms with Gasteiger partial charge in [-0.05, 0) is 13.3 Å². The molecule has 0 saturated heterocycles. The van der Waals surface area contributed by atoms with Crippen molar-refractivity contribution in [3.63, 3.8) is 0 Å². The quantitative estimate of drug-likeness (QED) is 0.793. The van der Waals surface area contributed by atoms with Gasteiger partial charge in [0.1, 0.15) is 11.6 Å².